The summed E-state index contributed by atoms with van der Waals surface area (Å²) >= 11 is 0. The van der Waals surface area contributed by atoms with Gasteiger partial charge in [0.1, 0.15) is 0 Å². The standard InChI is InChI=1S/C10H20O2/c1-5-6-7-8-9-10(2,11-3)12-4/h5H,1,6-9H2,2-4H3. The molecule has 0 atom stereocenters. The Balaban J connectivity index is 3.51. The third-order valence-electron chi connectivity index (χ3n) is 2.15. The van der Waals surface area contributed by atoms with E-state index < -0.39 is 5.79 Å². The summed E-state index contributed by atoms with van der Waals surface area (Å²) in [4.78, 5) is 0. The fourth-order valence-corrected chi connectivity index (χ4v) is 1.02. The van der Waals surface area contributed by atoms with Gasteiger partial charge in [0.2, 0.25) is 0 Å². The second kappa shape index (κ2) is 6.21. The lowest BCUT2D eigenvalue weighted by Crippen LogP contribution is -2.29. The molecule has 0 saturated heterocycles. The van der Waals surface area contributed by atoms with Crippen LogP contribution < -0.4 is 0 Å². The third kappa shape index (κ3) is 4.52. The molecule has 0 rings (SSSR count). The number of allylic oxidation sites excluding steroid dienone is 1. The summed E-state index contributed by atoms with van der Waals surface area (Å²) < 4.78 is 10.4. The average molecular weight is 172 g/mol. The number of hydrogen-bond donors (Lipinski definition) is 0. The molecular weight excluding hydrogens is 152 g/mol. The molecule has 0 aromatic heterocycles. The van der Waals surface area contributed by atoms with E-state index >= 15 is 0 Å². The van der Waals surface area contributed by atoms with Crippen LogP contribution in [0.3, 0.4) is 0 Å². The smallest absolute Gasteiger partial charge is 0.164 e. The van der Waals surface area contributed by atoms with Crippen molar-refractivity contribution >= 4 is 0 Å². The van der Waals surface area contributed by atoms with E-state index in [1.807, 2.05) is 13.0 Å². The largest absolute Gasteiger partial charge is 0.353 e. The molecule has 12 heavy (non-hydrogen) atoms. The summed E-state index contributed by atoms with van der Waals surface area (Å²) in [5.74, 6) is -0.402. The molecule has 0 saturated carbocycles. The first-order valence-corrected chi connectivity index (χ1v) is 4.39. The lowest BCUT2D eigenvalue weighted by atomic mass is 10.1. The number of ether oxygens (including phenoxy) is 2. The number of unbranched alkanes of at least 4 members (excludes halogenated alkanes) is 2. The van der Waals surface area contributed by atoms with Gasteiger partial charge in [-0.25, -0.2) is 0 Å². The molecule has 0 fully saturated rings. The maximum absolute atomic E-state index is 5.22. The molecule has 72 valence electrons. The quantitative estimate of drug-likeness (QED) is 0.334. The Kier molecular flexibility index (Phi) is 6.03. The van der Waals surface area contributed by atoms with Gasteiger partial charge in [0.05, 0.1) is 0 Å². The third-order valence-corrected chi connectivity index (χ3v) is 2.15. The summed E-state index contributed by atoms with van der Waals surface area (Å²) in [6.07, 6.45) is 6.23. The van der Waals surface area contributed by atoms with Crippen molar-refractivity contribution in [3.8, 4) is 0 Å². The van der Waals surface area contributed by atoms with Crippen LogP contribution in [0.5, 0.6) is 0 Å². The van der Waals surface area contributed by atoms with Crippen molar-refractivity contribution in [2.75, 3.05) is 14.2 Å². The summed E-state index contributed by atoms with van der Waals surface area (Å²) in [5.41, 5.74) is 0. The van der Waals surface area contributed by atoms with Crippen LogP contribution in [0.15, 0.2) is 12.7 Å². The van der Waals surface area contributed by atoms with Crippen LogP contribution >= 0.6 is 0 Å². The lowest BCUT2D eigenvalue weighted by molar-refractivity contribution is -0.197. The van der Waals surface area contributed by atoms with Crippen molar-refractivity contribution in [3.63, 3.8) is 0 Å². The Labute approximate surface area is 75.6 Å². The van der Waals surface area contributed by atoms with Gasteiger partial charge in [-0.3, -0.25) is 0 Å². The van der Waals surface area contributed by atoms with Crippen molar-refractivity contribution in [2.24, 2.45) is 0 Å². The molecule has 0 aliphatic carbocycles. The normalized spacial score (nSPS) is 11.6. The van der Waals surface area contributed by atoms with Crippen molar-refractivity contribution in [3.05, 3.63) is 12.7 Å². The Morgan fingerprint density at radius 3 is 2.25 bits per heavy atom. The Morgan fingerprint density at radius 1 is 1.25 bits per heavy atom. The molecule has 0 amide bonds. The SMILES string of the molecule is C=CCCCCC(C)(OC)OC. The monoisotopic (exact) mass is 172 g/mol. The minimum Gasteiger partial charge on any atom is -0.353 e. The van der Waals surface area contributed by atoms with Crippen LogP contribution in [0.2, 0.25) is 0 Å². The molecule has 0 N–H and O–H groups in total. The van der Waals surface area contributed by atoms with Gasteiger partial charge in [-0.1, -0.05) is 6.08 Å². The van der Waals surface area contributed by atoms with Crippen LogP contribution in [-0.4, -0.2) is 20.0 Å². The summed E-state index contributed by atoms with van der Waals surface area (Å²) in [6.45, 7) is 5.63. The molecule has 0 aliphatic heterocycles. The van der Waals surface area contributed by atoms with Gasteiger partial charge >= 0.3 is 0 Å². The molecule has 2 heteroatoms. The summed E-state index contributed by atoms with van der Waals surface area (Å²) in [5, 5.41) is 0. The van der Waals surface area contributed by atoms with E-state index in [-0.39, 0.29) is 0 Å². The summed E-state index contributed by atoms with van der Waals surface area (Å²) in [6, 6.07) is 0. The molecule has 0 bridgehead atoms. The van der Waals surface area contributed by atoms with Gasteiger partial charge in [-0.15, -0.1) is 6.58 Å². The molecule has 2 nitrogen and oxygen atoms in total. The van der Waals surface area contributed by atoms with E-state index in [1.54, 1.807) is 14.2 Å². The molecule has 0 spiro atoms. The zero-order valence-corrected chi connectivity index (χ0v) is 8.43. The highest BCUT2D eigenvalue weighted by molar-refractivity contribution is 4.68. The Morgan fingerprint density at radius 2 is 1.83 bits per heavy atom. The topological polar surface area (TPSA) is 18.5 Å². The van der Waals surface area contributed by atoms with E-state index in [1.165, 1.54) is 0 Å². The van der Waals surface area contributed by atoms with Gasteiger partial charge < -0.3 is 9.47 Å². The van der Waals surface area contributed by atoms with Crippen LogP contribution in [0, 0.1) is 0 Å². The van der Waals surface area contributed by atoms with Crippen LogP contribution in [-0.2, 0) is 9.47 Å². The second-order valence-corrected chi connectivity index (χ2v) is 3.08. The maximum Gasteiger partial charge on any atom is 0.164 e. The Bertz CT molecular complexity index is 117. The minimum absolute atomic E-state index is 0.402. The number of hydrogen-bond acceptors (Lipinski definition) is 2. The molecular formula is C10H20O2. The Hall–Kier alpha value is -0.340. The molecule has 0 unspecified atom stereocenters. The molecule has 0 aliphatic rings. The highest BCUT2D eigenvalue weighted by Crippen LogP contribution is 2.18. The fraction of sp³-hybridized carbons (Fsp3) is 0.800. The van der Waals surface area contributed by atoms with E-state index in [9.17, 15) is 0 Å². The minimum atomic E-state index is -0.402. The number of methoxy groups -OCH3 is 2. The maximum atomic E-state index is 5.22. The molecule has 0 radical (unpaired) electrons. The van der Waals surface area contributed by atoms with Crippen LogP contribution in [0.1, 0.15) is 32.6 Å². The zero-order valence-electron chi connectivity index (χ0n) is 8.43. The van der Waals surface area contributed by atoms with Gasteiger partial charge in [-0.2, -0.15) is 0 Å². The predicted octanol–water partition coefficient (Wildman–Crippen LogP) is 2.74. The first kappa shape index (κ1) is 11.7. The van der Waals surface area contributed by atoms with Gasteiger partial charge in [0.25, 0.3) is 0 Å². The van der Waals surface area contributed by atoms with Crippen molar-refractivity contribution in [1.29, 1.82) is 0 Å². The van der Waals surface area contributed by atoms with Crippen LogP contribution in [0.4, 0.5) is 0 Å². The van der Waals surface area contributed by atoms with Crippen molar-refractivity contribution < 1.29 is 9.47 Å². The summed E-state index contributed by atoms with van der Waals surface area (Å²) in [7, 11) is 3.36. The van der Waals surface area contributed by atoms with Crippen molar-refractivity contribution in [1.82, 2.24) is 0 Å². The first-order chi connectivity index (χ1) is 5.68. The van der Waals surface area contributed by atoms with Gasteiger partial charge in [0.15, 0.2) is 5.79 Å². The highest BCUT2D eigenvalue weighted by Gasteiger charge is 2.20. The molecule has 0 aromatic carbocycles. The number of rotatable bonds is 7. The lowest BCUT2D eigenvalue weighted by Gasteiger charge is -2.26. The molecule has 0 aromatic rings. The van der Waals surface area contributed by atoms with Gasteiger partial charge in [0, 0.05) is 20.6 Å². The average Bonchev–Trinajstić information content (AvgIpc) is 2.12. The van der Waals surface area contributed by atoms with E-state index in [0.717, 1.165) is 25.7 Å². The van der Waals surface area contributed by atoms with E-state index in [2.05, 4.69) is 6.58 Å². The molecule has 0 heterocycles. The van der Waals surface area contributed by atoms with Crippen LogP contribution in [0.25, 0.3) is 0 Å². The predicted molar refractivity (Wildman–Crippen MR) is 51.1 cm³/mol. The van der Waals surface area contributed by atoms with E-state index in [0.29, 0.717) is 0 Å². The highest BCUT2D eigenvalue weighted by atomic mass is 16.7. The van der Waals surface area contributed by atoms with Crippen molar-refractivity contribution in [2.45, 2.75) is 38.4 Å². The van der Waals surface area contributed by atoms with Gasteiger partial charge in [-0.05, 0) is 26.2 Å². The second-order valence-electron chi connectivity index (χ2n) is 3.08. The first-order valence-electron chi connectivity index (χ1n) is 4.39. The van der Waals surface area contributed by atoms with E-state index in [4.69, 9.17) is 9.47 Å². The zero-order chi connectivity index (χ0) is 9.45. The fourth-order valence-electron chi connectivity index (χ4n) is 1.02.